The van der Waals surface area contributed by atoms with Crippen molar-refractivity contribution in [2.45, 2.75) is 52.1 Å². The van der Waals surface area contributed by atoms with Gasteiger partial charge in [0.1, 0.15) is 6.04 Å². The zero-order valence-corrected chi connectivity index (χ0v) is 11.3. The van der Waals surface area contributed by atoms with Gasteiger partial charge in [-0.1, -0.05) is 13.8 Å². The number of aliphatic carboxylic acids is 1. The van der Waals surface area contributed by atoms with Gasteiger partial charge in [-0.3, -0.25) is 9.69 Å². The van der Waals surface area contributed by atoms with Crippen LogP contribution in [0.1, 0.15) is 40.0 Å². The Morgan fingerprint density at radius 3 is 2.76 bits per heavy atom. The molecule has 0 saturated carbocycles. The van der Waals surface area contributed by atoms with E-state index in [1.165, 1.54) is 12.8 Å². The molecule has 100 valence electrons. The Morgan fingerprint density at radius 1 is 1.53 bits per heavy atom. The minimum absolute atomic E-state index is 0.425. The highest BCUT2D eigenvalue weighted by atomic mass is 16.4. The molecule has 0 spiro atoms. The van der Waals surface area contributed by atoms with Gasteiger partial charge in [-0.15, -0.1) is 0 Å². The molecule has 2 N–H and O–H groups in total. The summed E-state index contributed by atoms with van der Waals surface area (Å²) in [6.45, 7) is 8.96. The Bertz CT molecular complexity index is 246. The second kappa shape index (κ2) is 6.97. The van der Waals surface area contributed by atoms with E-state index in [1.54, 1.807) is 0 Å². The molecule has 3 unspecified atom stereocenters. The van der Waals surface area contributed by atoms with Gasteiger partial charge in [-0.2, -0.15) is 0 Å². The number of carboxylic acids is 1. The maximum absolute atomic E-state index is 11.2. The summed E-state index contributed by atoms with van der Waals surface area (Å²) in [6, 6.07) is 0.0785. The Hall–Kier alpha value is -0.610. The number of likely N-dealkylation sites (tertiary alicyclic amines) is 1. The van der Waals surface area contributed by atoms with Crippen LogP contribution in [0.3, 0.4) is 0 Å². The summed E-state index contributed by atoms with van der Waals surface area (Å²) in [6.07, 6.45) is 3.33. The van der Waals surface area contributed by atoms with Crippen LogP contribution >= 0.6 is 0 Å². The molecule has 1 saturated heterocycles. The van der Waals surface area contributed by atoms with Gasteiger partial charge in [-0.25, -0.2) is 0 Å². The molecule has 4 nitrogen and oxygen atoms in total. The Kier molecular flexibility index (Phi) is 5.92. The molecule has 3 atom stereocenters. The monoisotopic (exact) mass is 242 g/mol. The van der Waals surface area contributed by atoms with Crippen LogP contribution in [-0.4, -0.2) is 47.7 Å². The minimum atomic E-state index is -0.732. The van der Waals surface area contributed by atoms with Crippen molar-refractivity contribution in [1.82, 2.24) is 10.2 Å². The van der Waals surface area contributed by atoms with Crippen molar-refractivity contribution in [1.29, 1.82) is 0 Å². The van der Waals surface area contributed by atoms with Gasteiger partial charge in [0.15, 0.2) is 0 Å². The van der Waals surface area contributed by atoms with Gasteiger partial charge in [0, 0.05) is 12.6 Å². The van der Waals surface area contributed by atoms with Crippen molar-refractivity contribution in [3.05, 3.63) is 0 Å². The number of hydrogen-bond donors (Lipinski definition) is 2. The molecule has 0 aliphatic carbocycles. The van der Waals surface area contributed by atoms with Crippen molar-refractivity contribution in [3.8, 4) is 0 Å². The fourth-order valence-electron chi connectivity index (χ4n) is 2.51. The summed E-state index contributed by atoms with van der Waals surface area (Å²) in [5, 5.41) is 12.3. The number of hydrogen-bond acceptors (Lipinski definition) is 3. The number of carbonyl (C=O) groups is 1. The lowest BCUT2D eigenvalue weighted by atomic mass is 9.93. The van der Waals surface area contributed by atoms with Gasteiger partial charge in [0.25, 0.3) is 0 Å². The van der Waals surface area contributed by atoms with Crippen LogP contribution in [0.25, 0.3) is 0 Å². The Morgan fingerprint density at radius 2 is 2.24 bits per heavy atom. The maximum Gasteiger partial charge on any atom is 0.322 e. The van der Waals surface area contributed by atoms with E-state index in [0.717, 1.165) is 25.4 Å². The summed E-state index contributed by atoms with van der Waals surface area (Å²) in [4.78, 5) is 13.5. The summed E-state index contributed by atoms with van der Waals surface area (Å²) in [5.41, 5.74) is 0. The summed E-state index contributed by atoms with van der Waals surface area (Å²) >= 11 is 0. The van der Waals surface area contributed by atoms with E-state index in [0.29, 0.717) is 12.6 Å². The van der Waals surface area contributed by atoms with Gasteiger partial charge in [0.05, 0.1) is 0 Å². The van der Waals surface area contributed by atoms with E-state index < -0.39 is 12.0 Å². The molecule has 1 fully saturated rings. The molecule has 0 radical (unpaired) electrons. The molecule has 1 aliphatic rings. The second-order valence-electron chi connectivity index (χ2n) is 5.32. The smallest absolute Gasteiger partial charge is 0.322 e. The quantitative estimate of drug-likeness (QED) is 0.742. The number of carboxylic acid groups (broad SMARTS) is 1. The third-order valence-electron chi connectivity index (χ3n) is 3.63. The minimum Gasteiger partial charge on any atom is -0.480 e. The van der Waals surface area contributed by atoms with E-state index in [-0.39, 0.29) is 0 Å². The van der Waals surface area contributed by atoms with Crippen LogP contribution in [0.4, 0.5) is 0 Å². The highest BCUT2D eigenvalue weighted by molar-refractivity contribution is 5.73. The van der Waals surface area contributed by atoms with Crippen molar-refractivity contribution in [3.63, 3.8) is 0 Å². The largest absolute Gasteiger partial charge is 0.480 e. The van der Waals surface area contributed by atoms with Gasteiger partial charge >= 0.3 is 5.97 Å². The molecule has 0 aromatic rings. The molecule has 1 rings (SSSR count). The molecule has 0 aromatic heterocycles. The van der Waals surface area contributed by atoms with E-state index >= 15 is 0 Å². The lowest BCUT2D eigenvalue weighted by Crippen LogP contribution is -2.51. The second-order valence-corrected chi connectivity index (χ2v) is 5.32. The first-order valence-electron chi connectivity index (χ1n) is 6.74. The molecule has 17 heavy (non-hydrogen) atoms. The molecule has 4 heteroatoms. The summed E-state index contributed by atoms with van der Waals surface area (Å²) in [5.74, 6) is 0.0393. The molecule has 0 aromatic carbocycles. The number of nitrogens with one attached hydrogen (secondary N) is 1. The molecular weight excluding hydrogens is 216 g/mol. The lowest BCUT2D eigenvalue weighted by molar-refractivity contribution is -0.140. The first kappa shape index (κ1) is 14.5. The standard InChI is InChI=1S/C13H26N2O2/c1-4-6-14-12(13(16)17)9-15-7-5-10(2)8-11(15)3/h10-12,14H,4-9H2,1-3H3,(H,16,17). The van der Waals surface area contributed by atoms with Crippen molar-refractivity contribution in [2.75, 3.05) is 19.6 Å². The van der Waals surface area contributed by atoms with Crippen molar-refractivity contribution < 1.29 is 9.90 Å². The predicted octanol–water partition coefficient (Wildman–Crippen LogP) is 1.56. The van der Waals surface area contributed by atoms with E-state index in [1.807, 2.05) is 0 Å². The Labute approximate surface area is 104 Å². The van der Waals surface area contributed by atoms with Crippen LogP contribution in [0.15, 0.2) is 0 Å². The fourth-order valence-corrected chi connectivity index (χ4v) is 2.51. The number of rotatable bonds is 6. The van der Waals surface area contributed by atoms with Crippen LogP contribution in [0.5, 0.6) is 0 Å². The normalized spacial score (nSPS) is 27.9. The van der Waals surface area contributed by atoms with E-state index in [4.69, 9.17) is 0 Å². The third-order valence-corrected chi connectivity index (χ3v) is 3.63. The number of nitrogens with zero attached hydrogens (tertiary/aromatic N) is 1. The van der Waals surface area contributed by atoms with Crippen LogP contribution in [0.2, 0.25) is 0 Å². The molecule has 0 amide bonds. The van der Waals surface area contributed by atoms with E-state index in [2.05, 4.69) is 31.0 Å². The maximum atomic E-state index is 11.2. The van der Waals surface area contributed by atoms with Crippen molar-refractivity contribution >= 4 is 5.97 Å². The van der Waals surface area contributed by atoms with Crippen molar-refractivity contribution in [2.24, 2.45) is 5.92 Å². The van der Waals surface area contributed by atoms with Crippen LogP contribution in [0, 0.1) is 5.92 Å². The fraction of sp³-hybridized carbons (Fsp3) is 0.923. The van der Waals surface area contributed by atoms with Crippen LogP contribution in [-0.2, 0) is 4.79 Å². The van der Waals surface area contributed by atoms with Gasteiger partial charge < -0.3 is 10.4 Å². The SMILES string of the molecule is CCCNC(CN1CCC(C)CC1C)C(=O)O. The molecular formula is C13H26N2O2. The van der Waals surface area contributed by atoms with Gasteiger partial charge in [-0.05, 0) is 45.2 Å². The topological polar surface area (TPSA) is 52.6 Å². The van der Waals surface area contributed by atoms with Crippen LogP contribution < -0.4 is 5.32 Å². The zero-order chi connectivity index (χ0) is 12.8. The zero-order valence-electron chi connectivity index (χ0n) is 11.3. The highest BCUT2D eigenvalue weighted by Gasteiger charge is 2.27. The molecule has 1 heterocycles. The summed E-state index contributed by atoms with van der Waals surface area (Å²) in [7, 11) is 0. The molecule has 0 bridgehead atoms. The summed E-state index contributed by atoms with van der Waals surface area (Å²) < 4.78 is 0. The first-order valence-corrected chi connectivity index (χ1v) is 6.74. The average Bonchev–Trinajstić information content (AvgIpc) is 2.26. The molecule has 1 aliphatic heterocycles. The predicted molar refractivity (Wildman–Crippen MR) is 69.2 cm³/mol. The van der Waals surface area contributed by atoms with E-state index in [9.17, 15) is 9.90 Å². The third kappa shape index (κ3) is 4.64. The lowest BCUT2D eigenvalue weighted by Gasteiger charge is -2.37. The first-order chi connectivity index (χ1) is 8.04. The Balaban J connectivity index is 2.45. The number of piperidine rings is 1. The average molecular weight is 242 g/mol. The highest BCUT2D eigenvalue weighted by Crippen LogP contribution is 2.22. The van der Waals surface area contributed by atoms with Gasteiger partial charge in [0.2, 0.25) is 0 Å².